The van der Waals surface area contributed by atoms with E-state index in [2.05, 4.69) is 20.2 Å². The summed E-state index contributed by atoms with van der Waals surface area (Å²) in [6.45, 7) is 5.83. The van der Waals surface area contributed by atoms with Gasteiger partial charge in [0, 0.05) is 44.1 Å². The first-order valence-corrected chi connectivity index (χ1v) is 10.0. The number of piperidine rings is 1. The summed E-state index contributed by atoms with van der Waals surface area (Å²) in [6.07, 6.45) is 3.82. The van der Waals surface area contributed by atoms with Gasteiger partial charge < -0.3 is 21.1 Å². The molecule has 1 aliphatic rings. The minimum absolute atomic E-state index is 0.145. The molecule has 2 aromatic rings. The van der Waals surface area contributed by atoms with Crippen LogP contribution in [0.4, 0.5) is 10.1 Å². The van der Waals surface area contributed by atoms with Crippen molar-refractivity contribution in [1.82, 2.24) is 25.1 Å². The zero-order chi connectivity index (χ0) is 21.9. The van der Waals surface area contributed by atoms with Crippen LogP contribution in [0, 0.1) is 0 Å². The molecule has 0 bridgehead atoms. The van der Waals surface area contributed by atoms with Gasteiger partial charge in [-0.15, -0.1) is 0 Å². The number of halogens is 1. The van der Waals surface area contributed by atoms with Gasteiger partial charge in [-0.25, -0.2) is 9.37 Å². The number of hydrogen-bond acceptors (Lipinski definition) is 7. The third-order valence-electron chi connectivity index (χ3n) is 4.65. The van der Waals surface area contributed by atoms with E-state index >= 15 is 0 Å². The number of aromatic amines is 1. The van der Waals surface area contributed by atoms with E-state index in [1.54, 1.807) is 12.4 Å². The monoisotopic (exact) mass is 417 g/mol. The number of hydrogen-bond donors (Lipinski definition) is 3. The molecular formula is C21H32FN7O. The molecule has 1 saturated heterocycles. The Hall–Kier alpha value is -2.78. The van der Waals surface area contributed by atoms with Crippen molar-refractivity contribution < 1.29 is 9.13 Å². The van der Waals surface area contributed by atoms with Crippen LogP contribution in [0.1, 0.15) is 37.3 Å². The highest BCUT2D eigenvalue weighted by Crippen LogP contribution is 2.17. The molecule has 2 heterocycles. The van der Waals surface area contributed by atoms with E-state index in [-0.39, 0.29) is 11.9 Å². The number of likely N-dealkylation sites (tertiary alicyclic amines) is 1. The second-order valence-electron chi connectivity index (χ2n) is 7.51. The molecule has 1 fully saturated rings. The van der Waals surface area contributed by atoms with Gasteiger partial charge in [0.1, 0.15) is 18.6 Å². The van der Waals surface area contributed by atoms with E-state index in [1.165, 1.54) is 6.33 Å². The number of nitrogen functional groups attached to an aromatic ring is 1. The zero-order valence-electron chi connectivity index (χ0n) is 17.8. The Labute approximate surface area is 177 Å². The fraction of sp³-hybridized carbons (Fsp3) is 0.476. The van der Waals surface area contributed by atoms with Crippen LogP contribution in [0.15, 0.2) is 43.0 Å². The van der Waals surface area contributed by atoms with E-state index in [4.69, 9.17) is 16.2 Å². The smallest absolute Gasteiger partial charge is 0.318 e. The standard InChI is InChI=1S/C14H22FN5O.C7H10N2/c1-10(2)11-6-16-14(17-9-19-18-7-11)21-13-4-5-20(3)8-12(13)15;8-5-6-2-1-3-7(9)4-6/h6-7,9-10,12-13,18H,4-5,8H2,1-3H3;1-4H,5,8-9H2. The van der Waals surface area contributed by atoms with Crippen LogP contribution < -0.4 is 16.2 Å². The third kappa shape index (κ3) is 7.92. The van der Waals surface area contributed by atoms with Crippen molar-refractivity contribution in [2.75, 3.05) is 25.9 Å². The Morgan fingerprint density at radius 3 is 2.77 bits per heavy atom. The van der Waals surface area contributed by atoms with Crippen LogP contribution in [0.25, 0.3) is 0 Å². The Bertz CT molecular complexity index is 828. The minimum atomic E-state index is -1.04. The molecule has 164 valence electrons. The first-order valence-electron chi connectivity index (χ1n) is 10.0. The molecule has 1 aromatic heterocycles. The van der Waals surface area contributed by atoms with E-state index in [0.717, 1.165) is 23.4 Å². The molecule has 9 heteroatoms. The highest BCUT2D eigenvalue weighted by Gasteiger charge is 2.29. The average Bonchev–Trinajstić information content (AvgIpc) is 2.83. The molecule has 3 rings (SSSR count). The van der Waals surface area contributed by atoms with Gasteiger partial charge in [-0.2, -0.15) is 10.1 Å². The number of H-pyrrole nitrogens is 1. The lowest BCUT2D eigenvalue weighted by molar-refractivity contribution is 0.0257. The number of aromatic nitrogens is 4. The highest BCUT2D eigenvalue weighted by atomic mass is 19.1. The Morgan fingerprint density at radius 2 is 2.13 bits per heavy atom. The summed E-state index contributed by atoms with van der Waals surface area (Å²) in [6, 6.07) is 7.72. The number of anilines is 1. The molecule has 2 unspecified atom stereocenters. The third-order valence-corrected chi connectivity index (χ3v) is 4.65. The SMILES string of the molecule is CC(C)c1cnc(OC2CCN(C)CC2F)ncn[nH]c1.NCc1cccc(N)c1. The number of nitrogens with one attached hydrogen (secondary N) is 1. The molecule has 1 aliphatic heterocycles. The molecular weight excluding hydrogens is 385 g/mol. The van der Waals surface area contributed by atoms with Crippen molar-refractivity contribution in [3.63, 3.8) is 0 Å². The predicted molar refractivity (Wildman–Crippen MR) is 116 cm³/mol. The number of benzene rings is 1. The van der Waals surface area contributed by atoms with Gasteiger partial charge in [0.2, 0.25) is 0 Å². The summed E-state index contributed by atoms with van der Waals surface area (Å²) in [5.41, 5.74) is 13.7. The van der Waals surface area contributed by atoms with E-state index in [1.807, 2.05) is 50.1 Å². The maximum absolute atomic E-state index is 14.0. The van der Waals surface area contributed by atoms with Crippen molar-refractivity contribution in [1.29, 1.82) is 0 Å². The second kappa shape index (κ2) is 12.0. The van der Waals surface area contributed by atoms with Gasteiger partial charge >= 0.3 is 6.01 Å². The van der Waals surface area contributed by atoms with Gasteiger partial charge in [0.25, 0.3) is 0 Å². The molecule has 5 N–H and O–H groups in total. The summed E-state index contributed by atoms with van der Waals surface area (Å²) < 4.78 is 19.6. The first kappa shape index (κ1) is 23.5. The number of nitrogens with two attached hydrogens (primary N) is 2. The highest BCUT2D eigenvalue weighted by molar-refractivity contribution is 5.40. The molecule has 2 atom stereocenters. The lowest BCUT2D eigenvalue weighted by Crippen LogP contribution is -2.45. The molecule has 0 saturated carbocycles. The van der Waals surface area contributed by atoms with Crippen LogP contribution in [-0.4, -0.2) is 57.5 Å². The molecule has 0 aliphatic carbocycles. The summed E-state index contributed by atoms with van der Waals surface area (Å²) in [5.74, 6) is 0.285. The van der Waals surface area contributed by atoms with Gasteiger partial charge in [-0.3, -0.25) is 5.10 Å². The summed E-state index contributed by atoms with van der Waals surface area (Å²) in [7, 11) is 1.90. The van der Waals surface area contributed by atoms with Crippen molar-refractivity contribution >= 4 is 5.69 Å². The topological polar surface area (TPSA) is 119 Å². The van der Waals surface area contributed by atoms with Crippen molar-refractivity contribution in [2.45, 2.75) is 45.0 Å². The Balaban J connectivity index is 0.000000297. The van der Waals surface area contributed by atoms with Crippen molar-refractivity contribution in [2.24, 2.45) is 5.73 Å². The number of rotatable bonds is 4. The van der Waals surface area contributed by atoms with Crippen LogP contribution >= 0.6 is 0 Å². The van der Waals surface area contributed by atoms with Crippen LogP contribution in [0.2, 0.25) is 0 Å². The van der Waals surface area contributed by atoms with Crippen LogP contribution in [0.5, 0.6) is 6.01 Å². The normalized spacial score (nSPS) is 18.9. The van der Waals surface area contributed by atoms with Gasteiger partial charge in [0.15, 0.2) is 0 Å². The van der Waals surface area contributed by atoms with E-state index in [9.17, 15) is 4.39 Å². The Kier molecular flexibility index (Phi) is 9.43. The van der Waals surface area contributed by atoms with Gasteiger partial charge in [-0.1, -0.05) is 26.0 Å². The second-order valence-corrected chi connectivity index (χ2v) is 7.51. The molecule has 0 amide bonds. The first-order chi connectivity index (χ1) is 14.4. The van der Waals surface area contributed by atoms with Gasteiger partial charge in [0.05, 0.1) is 0 Å². The lowest BCUT2D eigenvalue weighted by atomic mass is 10.1. The summed E-state index contributed by atoms with van der Waals surface area (Å²) in [4.78, 5) is 10.2. The number of alkyl halides is 1. The maximum atomic E-state index is 14.0. The number of nitrogens with zero attached hydrogens (tertiary/aromatic N) is 4. The Morgan fingerprint density at radius 1 is 1.33 bits per heavy atom. The fourth-order valence-electron chi connectivity index (χ4n) is 2.82. The van der Waals surface area contributed by atoms with Crippen molar-refractivity contribution in [3.05, 3.63) is 54.1 Å². The van der Waals surface area contributed by atoms with E-state index in [0.29, 0.717) is 19.5 Å². The fourth-order valence-corrected chi connectivity index (χ4v) is 2.82. The van der Waals surface area contributed by atoms with Crippen molar-refractivity contribution in [3.8, 4) is 6.01 Å². The molecule has 8 nitrogen and oxygen atoms in total. The molecule has 1 aromatic carbocycles. The summed E-state index contributed by atoms with van der Waals surface area (Å²) >= 11 is 0. The quantitative estimate of drug-likeness (QED) is 0.654. The summed E-state index contributed by atoms with van der Waals surface area (Å²) in [5, 5.41) is 6.67. The van der Waals surface area contributed by atoms with Crippen LogP contribution in [0.3, 0.4) is 0 Å². The average molecular weight is 418 g/mol. The largest absolute Gasteiger partial charge is 0.457 e. The maximum Gasteiger partial charge on any atom is 0.318 e. The predicted octanol–water partition coefficient (Wildman–Crippen LogP) is 2.60. The van der Waals surface area contributed by atoms with Crippen LogP contribution in [-0.2, 0) is 6.54 Å². The minimum Gasteiger partial charge on any atom is -0.457 e. The molecule has 0 spiro atoms. The number of ether oxygens (including phenoxy) is 1. The zero-order valence-corrected chi connectivity index (χ0v) is 17.8. The lowest BCUT2D eigenvalue weighted by Gasteiger charge is -2.31. The van der Waals surface area contributed by atoms with Gasteiger partial charge in [-0.05, 0) is 36.2 Å². The molecule has 0 radical (unpaired) electrons. The van der Waals surface area contributed by atoms with E-state index < -0.39 is 12.3 Å². The molecule has 30 heavy (non-hydrogen) atoms.